The van der Waals surface area contributed by atoms with Crippen molar-refractivity contribution in [2.24, 2.45) is 0 Å². The van der Waals surface area contributed by atoms with Crippen molar-refractivity contribution in [3.8, 4) is 22.8 Å². The van der Waals surface area contributed by atoms with Gasteiger partial charge in [-0.25, -0.2) is 9.97 Å². The number of benzene rings is 4. The van der Waals surface area contributed by atoms with E-state index in [1.807, 2.05) is 97.1 Å². The van der Waals surface area contributed by atoms with Crippen molar-refractivity contribution in [1.29, 1.82) is 0 Å². The van der Waals surface area contributed by atoms with E-state index in [1.165, 1.54) is 0 Å². The summed E-state index contributed by atoms with van der Waals surface area (Å²) in [6, 6.07) is 31.3. The third-order valence-corrected chi connectivity index (χ3v) is 5.21. The number of nitrogens with one attached hydrogen (secondary N) is 2. The molecule has 6 rings (SSSR count). The van der Waals surface area contributed by atoms with Crippen LogP contribution in [0.3, 0.4) is 0 Å². The van der Waals surface area contributed by atoms with Gasteiger partial charge in [-0.2, -0.15) is 0 Å². The van der Waals surface area contributed by atoms with E-state index >= 15 is 0 Å². The molecule has 0 amide bonds. The van der Waals surface area contributed by atoms with Crippen LogP contribution in [0.15, 0.2) is 97.1 Å². The van der Waals surface area contributed by atoms with Crippen LogP contribution >= 0.6 is 0 Å². The molecule has 6 N–H and O–H groups in total. The minimum absolute atomic E-state index is 0. The van der Waals surface area contributed by atoms with Crippen molar-refractivity contribution in [2.75, 3.05) is 11.5 Å². The van der Waals surface area contributed by atoms with Crippen LogP contribution in [0.2, 0.25) is 0 Å². The van der Waals surface area contributed by atoms with Gasteiger partial charge in [0.05, 0.1) is 27.2 Å². The molecular weight excluding hydrogens is 566 g/mol. The van der Waals surface area contributed by atoms with Crippen molar-refractivity contribution < 1.29 is 27.5 Å². The molecule has 0 unspecified atom stereocenters. The summed E-state index contributed by atoms with van der Waals surface area (Å²) in [7, 11) is 0. The number of hydrogen-bond donors (Lipinski definition) is 4. The molecule has 0 fully saturated rings. The molecule has 0 saturated heterocycles. The van der Waals surface area contributed by atoms with Crippen molar-refractivity contribution in [1.82, 2.24) is 19.9 Å². The number of nitrogens with two attached hydrogens (primary N) is 2. The average Bonchev–Trinajstić information content (AvgIpc) is 3.49. The molecule has 0 atom stereocenters. The number of aromatic nitrogens is 4. The Morgan fingerprint density at radius 1 is 0.595 bits per heavy atom. The molecule has 0 radical (unpaired) electrons. The van der Waals surface area contributed by atoms with Gasteiger partial charge in [0.2, 0.25) is 0 Å². The van der Waals surface area contributed by atoms with Crippen molar-refractivity contribution in [3.05, 3.63) is 112 Å². The maximum Gasteiger partial charge on any atom is 1.00 e. The Bertz CT molecular complexity index is 1450. The standard InChI is InChI=1S/2C13H11N3.Ag.NO3/c2*14-10-6-2-1-5-9(10)13-15-11-7-3-4-8-12(11)16-13;;2-1(3)4/h2*1-8H,14H2,(H,15,16);;/q;;+1;-1. The Labute approximate surface area is 227 Å². The molecule has 190 valence electrons. The van der Waals surface area contributed by atoms with Crippen LogP contribution in [-0.2, 0) is 22.4 Å². The normalized spacial score (nSPS) is 9.95. The van der Waals surface area contributed by atoms with E-state index in [-0.39, 0.29) is 22.4 Å². The first-order chi connectivity index (χ1) is 17.4. The molecule has 37 heavy (non-hydrogen) atoms. The average molecular weight is 588 g/mol. The molecule has 2 aromatic heterocycles. The SMILES string of the molecule is Nc1ccccc1-c1nc2ccccc2[nH]1.Nc1ccccc1-c1nc2ccccc2[nH]1.O=[N+]([O-])[O-].[Ag+]. The number of fused-ring (bicyclic) bond motifs is 2. The first-order valence-electron chi connectivity index (χ1n) is 10.8. The number of nitrogen functional groups attached to an aromatic ring is 2. The van der Waals surface area contributed by atoms with Gasteiger partial charge in [-0.05, 0) is 48.5 Å². The Balaban J connectivity index is 0.000000176. The molecule has 0 aliphatic rings. The third-order valence-electron chi connectivity index (χ3n) is 5.21. The number of imidazole rings is 2. The van der Waals surface area contributed by atoms with Crippen molar-refractivity contribution in [3.63, 3.8) is 0 Å². The first-order valence-corrected chi connectivity index (χ1v) is 10.8. The second kappa shape index (κ2) is 12.4. The summed E-state index contributed by atoms with van der Waals surface area (Å²) >= 11 is 0. The predicted octanol–water partition coefficient (Wildman–Crippen LogP) is 5.38. The predicted molar refractivity (Wildman–Crippen MR) is 142 cm³/mol. The largest absolute Gasteiger partial charge is 1.00 e. The summed E-state index contributed by atoms with van der Waals surface area (Å²) in [6.07, 6.45) is 0. The number of para-hydroxylation sites is 6. The molecule has 0 aliphatic carbocycles. The Kier molecular flexibility index (Phi) is 9.00. The van der Waals surface area contributed by atoms with Gasteiger partial charge in [-0.1, -0.05) is 48.5 Å². The summed E-state index contributed by atoms with van der Waals surface area (Å²) in [6.45, 7) is 0. The van der Waals surface area contributed by atoms with E-state index in [0.29, 0.717) is 0 Å². The number of hydrogen-bond acceptors (Lipinski definition) is 7. The van der Waals surface area contributed by atoms with Crippen molar-refractivity contribution >= 4 is 33.4 Å². The maximum atomic E-state index is 8.25. The van der Waals surface area contributed by atoms with Gasteiger partial charge in [-0.15, -0.1) is 0 Å². The summed E-state index contributed by atoms with van der Waals surface area (Å²) in [5.74, 6) is 1.64. The van der Waals surface area contributed by atoms with Crippen LogP contribution in [0.4, 0.5) is 11.4 Å². The Hall–Kier alpha value is -4.64. The van der Waals surface area contributed by atoms with Crippen LogP contribution < -0.4 is 11.5 Å². The first kappa shape index (κ1) is 27.0. The van der Waals surface area contributed by atoms with Gasteiger partial charge in [-0.3, -0.25) is 0 Å². The zero-order valence-electron chi connectivity index (χ0n) is 19.3. The van der Waals surface area contributed by atoms with Gasteiger partial charge in [0, 0.05) is 22.5 Å². The number of nitrogens with zero attached hydrogens (tertiary/aromatic N) is 3. The summed E-state index contributed by atoms with van der Waals surface area (Å²) in [5.41, 5.74) is 19.2. The zero-order chi connectivity index (χ0) is 25.5. The maximum absolute atomic E-state index is 8.25. The summed E-state index contributed by atoms with van der Waals surface area (Å²) in [5, 5.41) is 14.8. The molecular formula is C26H22AgN7O3. The Morgan fingerprint density at radius 3 is 1.27 bits per heavy atom. The fourth-order valence-corrected chi connectivity index (χ4v) is 3.59. The fraction of sp³-hybridized carbons (Fsp3) is 0. The molecule has 2 heterocycles. The van der Waals surface area contributed by atoms with Gasteiger partial charge in [0.15, 0.2) is 0 Å². The number of aromatic amines is 2. The molecule has 0 aliphatic heterocycles. The van der Waals surface area contributed by atoms with E-state index in [2.05, 4.69) is 19.9 Å². The van der Waals surface area contributed by atoms with E-state index in [0.717, 1.165) is 56.2 Å². The van der Waals surface area contributed by atoms with Crippen LogP contribution in [0.1, 0.15) is 0 Å². The summed E-state index contributed by atoms with van der Waals surface area (Å²) < 4.78 is 0. The quantitative estimate of drug-likeness (QED) is 0.0908. The van der Waals surface area contributed by atoms with Gasteiger partial charge in [0.25, 0.3) is 0 Å². The molecule has 6 aromatic rings. The van der Waals surface area contributed by atoms with Gasteiger partial charge in [0.1, 0.15) is 11.6 Å². The number of H-pyrrole nitrogens is 2. The number of rotatable bonds is 2. The topological polar surface area (TPSA) is 176 Å². The van der Waals surface area contributed by atoms with Crippen LogP contribution in [0.5, 0.6) is 0 Å². The molecule has 0 spiro atoms. The van der Waals surface area contributed by atoms with Gasteiger partial charge >= 0.3 is 22.4 Å². The van der Waals surface area contributed by atoms with E-state index in [1.54, 1.807) is 0 Å². The molecule has 4 aromatic carbocycles. The van der Waals surface area contributed by atoms with Crippen molar-refractivity contribution in [2.45, 2.75) is 0 Å². The van der Waals surface area contributed by atoms with Crippen LogP contribution in [0.25, 0.3) is 44.8 Å². The zero-order valence-corrected chi connectivity index (χ0v) is 20.7. The van der Waals surface area contributed by atoms with E-state index in [4.69, 9.17) is 26.8 Å². The van der Waals surface area contributed by atoms with Crippen LogP contribution in [-0.4, -0.2) is 25.0 Å². The molecule has 0 bridgehead atoms. The fourth-order valence-electron chi connectivity index (χ4n) is 3.59. The Morgan fingerprint density at radius 2 is 0.919 bits per heavy atom. The van der Waals surface area contributed by atoms with Crippen LogP contribution in [0, 0.1) is 15.3 Å². The minimum atomic E-state index is -1.75. The third kappa shape index (κ3) is 6.73. The van der Waals surface area contributed by atoms with Gasteiger partial charge < -0.3 is 36.8 Å². The molecule has 10 nitrogen and oxygen atoms in total. The number of anilines is 2. The second-order valence-corrected chi connectivity index (χ2v) is 7.60. The minimum Gasteiger partial charge on any atom is -0.398 e. The smallest absolute Gasteiger partial charge is 0.398 e. The summed E-state index contributed by atoms with van der Waals surface area (Å²) in [4.78, 5) is 23.8. The second-order valence-electron chi connectivity index (χ2n) is 7.60. The molecule has 0 saturated carbocycles. The van der Waals surface area contributed by atoms with E-state index in [9.17, 15) is 0 Å². The van der Waals surface area contributed by atoms with E-state index < -0.39 is 5.09 Å². The molecule has 11 heteroatoms. The monoisotopic (exact) mass is 587 g/mol.